The van der Waals surface area contributed by atoms with Crippen molar-refractivity contribution < 1.29 is 9.59 Å². The van der Waals surface area contributed by atoms with Crippen LogP contribution in [0.15, 0.2) is 29.1 Å². The Morgan fingerprint density at radius 2 is 1.87 bits per heavy atom. The minimum absolute atomic E-state index is 0.0206. The largest absolute Gasteiger partial charge is 0.335 e. The normalized spacial score (nSPS) is 19.3. The van der Waals surface area contributed by atoms with Gasteiger partial charge in [0.1, 0.15) is 5.82 Å². The van der Waals surface area contributed by atoms with Crippen molar-refractivity contribution in [3.05, 3.63) is 40.4 Å². The van der Waals surface area contributed by atoms with Crippen molar-refractivity contribution in [2.24, 2.45) is 5.92 Å². The molecule has 1 N–H and O–H groups in total. The SMILES string of the molecule is CCN(Cc1nc2ccccc2c(=O)[nH]1)C(=O)[C@@H]1CCCN(C(=O)N2CCCC2)C1. The number of nitrogens with one attached hydrogen (secondary N) is 1. The first kappa shape index (κ1) is 20.4. The predicted molar refractivity (Wildman–Crippen MR) is 114 cm³/mol. The van der Waals surface area contributed by atoms with E-state index in [1.165, 1.54) is 0 Å². The zero-order chi connectivity index (χ0) is 21.1. The Morgan fingerprint density at radius 1 is 1.13 bits per heavy atom. The fourth-order valence-corrected chi connectivity index (χ4v) is 4.46. The van der Waals surface area contributed by atoms with Crippen molar-refractivity contribution >= 4 is 22.8 Å². The first-order chi connectivity index (χ1) is 14.6. The van der Waals surface area contributed by atoms with Crippen LogP contribution in [0.1, 0.15) is 38.4 Å². The van der Waals surface area contributed by atoms with Crippen molar-refractivity contribution in [1.82, 2.24) is 24.7 Å². The van der Waals surface area contributed by atoms with Crippen molar-refractivity contribution in [1.29, 1.82) is 0 Å². The summed E-state index contributed by atoms with van der Waals surface area (Å²) < 4.78 is 0. The highest BCUT2D eigenvalue weighted by atomic mass is 16.2. The number of carbonyl (C=O) groups is 2. The summed E-state index contributed by atoms with van der Waals surface area (Å²) in [6.45, 7) is 5.51. The molecule has 0 radical (unpaired) electrons. The molecule has 2 aliphatic heterocycles. The Morgan fingerprint density at radius 3 is 2.63 bits per heavy atom. The van der Waals surface area contributed by atoms with Gasteiger partial charge in [-0.1, -0.05) is 12.1 Å². The molecular weight excluding hydrogens is 382 g/mol. The summed E-state index contributed by atoms with van der Waals surface area (Å²) in [6, 6.07) is 7.25. The first-order valence-corrected chi connectivity index (χ1v) is 10.9. The molecule has 2 aromatic rings. The summed E-state index contributed by atoms with van der Waals surface area (Å²) in [5, 5.41) is 0.541. The number of benzene rings is 1. The quantitative estimate of drug-likeness (QED) is 0.835. The number of hydrogen-bond donors (Lipinski definition) is 1. The highest BCUT2D eigenvalue weighted by Gasteiger charge is 2.33. The van der Waals surface area contributed by atoms with Gasteiger partial charge in [-0.15, -0.1) is 0 Å². The number of aromatic amines is 1. The number of para-hydroxylation sites is 1. The maximum Gasteiger partial charge on any atom is 0.320 e. The molecular formula is C22H29N5O3. The maximum atomic E-state index is 13.2. The summed E-state index contributed by atoms with van der Waals surface area (Å²) in [7, 11) is 0. The van der Waals surface area contributed by atoms with Gasteiger partial charge in [0.25, 0.3) is 5.56 Å². The minimum Gasteiger partial charge on any atom is -0.335 e. The summed E-state index contributed by atoms with van der Waals surface area (Å²) >= 11 is 0. The number of fused-ring (bicyclic) bond motifs is 1. The Kier molecular flexibility index (Phi) is 6.01. The van der Waals surface area contributed by atoms with Crippen molar-refractivity contribution in [2.45, 2.75) is 39.2 Å². The number of carbonyl (C=O) groups excluding carboxylic acids is 2. The Balaban J connectivity index is 1.45. The van der Waals surface area contributed by atoms with Crippen LogP contribution in [0, 0.1) is 5.92 Å². The molecule has 0 aliphatic carbocycles. The lowest BCUT2D eigenvalue weighted by Crippen LogP contribution is -2.50. The molecule has 160 valence electrons. The van der Waals surface area contributed by atoms with E-state index in [1.807, 2.05) is 22.8 Å². The van der Waals surface area contributed by atoms with Crippen LogP contribution in [-0.2, 0) is 11.3 Å². The van der Waals surface area contributed by atoms with E-state index in [4.69, 9.17) is 0 Å². The van der Waals surface area contributed by atoms with Crippen LogP contribution in [0.4, 0.5) is 4.79 Å². The molecule has 30 heavy (non-hydrogen) atoms. The third-order valence-electron chi connectivity index (χ3n) is 6.11. The fraction of sp³-hybridized carbons (Fsp3) is 0.545. The number of aromatic nitrogens is 2. The number of urea groups is 1. The number of likely N-dealkylation sites (tertiary alicyclic amines) is 2. The Hall–Kier alpha value is -2.90. The molecule has 2 saturated heterocycles. The number of rotatable bonds is 4. The molecule has 1 atom stereocenters. The van der Waals surface area contributed by atoms with E-state index >= 15 is 0 Å². The molecule has 3 heterocycles. The van der Waals surface area contributed by atoms with E-state index in [9.17, 15) is 14.4 Å². The van der Waals surface area contributed by atoms with Gasteiger partial charge in [-0.3, -0.25) is 9.59 Å². The van der Waals surface area contributed by atoms with Gasteiger partial charge >= 0.3 is 6.03 Å². The average molecular weight is 412 g/mol. The van der Waals surface area contributed by atoms with Crippen LogP contribution in [-0.4, -0.2) is 69.3 Å². The molecule has 2 fully saturated rings. The molecule has 4 rings (SSSR count). The maximum absolute atomic E-state index is 13.2. The zero-order valence-electron chi connectivity index (χ0n) is 17.5. The number of piperidine rings is 1. The summed E-state index contributed by atoms with van der Waals surface area (Å²) in [5.74, 6) is 0.291. The molecule has 0 spiro atoms. The van der Waals surface area contributed by atoms with Crippen LogP contribution in [0.3, 0.4) is 0 Å². The Labute approximate surface area is 175 Å². The number of H-pyrrole nitrogens is 1. The van der Waals surface area contributed by atoms with Crippen molar-refractivity contribution in [2.75, 3.05) is 32.7 Å². The van der Waals surface area contributed by atoms with E-state index in [1.54, 1.807) is 23.1 Å². The van der Waals surface area contributed by atoms with Gasteiger partial charge in [0.2, 0.25) is 5.91 Å². The molecule has 0 saturated carbocycles. The van der Waals surface area contributed by atoms with Gasteiger partial charge in [-0.2, -0.15) is 0 Å². The third kappa shape index (κ3) is 4.17. The van der Waals surface area contributed by atoms with Gasteiger partial charge in [0, 0.05) is 32.7 Å². The lowest BCUT2D eigenvalue weighted by Gasteiger charge is -2.36. The van der Waals surface area contributed by atoms with E-state index in [-0.39, 0.29) is 30.0 Å². The average Bonchev–Trinajstić information content (AvgIpc) is 3.31. The summed E-state index contributed by atoms with van der Waals surface area (Å²) in [4.78, 5) is 51.1. The van der Waals surface area contributed by atoms with Gasteiger partial charge in [-0.05, 0) is 44.7 Å². The van der Waals surface area contributed by atoms with Gasteiger partial charge in [0.15, 0.2) is 0 Å². The smallest absolute Gasteiger partial charge is 0.320 e. The summed E-state index contributed by atoms with van der Waals surface area (Å²) in [5.41, 5.74) is 0.430. The van der Waals surface area contributed by atoms with Gasteiger partial charge in [0.05, 0.1) is 23.4 Å². The molecule has 2 aliphatic rings. The lowest BCUT2D eigenvalue weighted by atomic mass is 9.96. The van der Waals surface area contributed by atoms with Crippen LogP contribution < -0.4 is 5.56 Å². The molecule has 0 unspecified atom stereocenters. The van der Waals surface area contributed by atoms with E-state index < -0.39 is 0 Å². The minimum atomic E-state index is -0.211. The first-order valence-electron chi connectivity index (χ1n) is 10.9. The van der Waals surface area contributed by atoms with Crippen molar-refractivity contribution in [3.8, 4) is 0 Å². The fourth-order valence-electron chi connectivity index (χ4n) is 4.46. The van der Waals surface area contributed by atoms with Crippen LogP contribution >= 0.6 is 0 Å². The molecule has 0 bridgehead atoms. The topological polar surface area (TPSA) is 89.6 Å². The second-order valence-corrected chi connectivity index (χ2v) is 8.14. The Bertz CT molecular complexity index is 982. The zero-order valence-corrected chi connectivity index (χ0v) is 17.5. The second kappa shape index (κ2) is 8.85. The molecule has 8 heteroatoms. The van der Waals surface area contributed by atoms with Gasteiger partial charge in [-0.25, -0.2) is 9.78 Å². The van der Waals surface area contributed by atoms with Crippen LogP contribution in [0.25, 0.3) is 10.9 Å². The van der Waals surface area contributed by atoms with Gasteiger partial charge < -0.3 is 19.7 Å². The summed E-state index contributed by atoms with van der Waals surface area (Å²) in [6.07, 6.45) is 3.73. The van der Waals surface area contributed by atoms with E-state index in [0.717, 1.165) is 38.8 Å². The molecule has 3 amide bonds. The van der Waals surface area contributed by atoms with Crippen LogP contribution in [0.5, 0.6) is 0 Å². The highest BCUT2D eigenvalue weighted by molar-refractivity contribution is 5.81. The van der Waals surface area contributed by atoms with E-state index in [2.05, 4.69) is 9.97 Å². The number of nitrogens with zero attached hydrogens (tertiary/aromatic N) is 4. The highest BCUT2D eigenvalue weighted by Crippen LogP contribution is 2.22. The van der Waals surface area contributed by atoms with Crippen LogP contribution in [0.2, 0.25) is 0 Å². The monoisotopic (exact) mass is 411 g/mol. The van der Waals surface area contributed by atoms with E-state index in [0.29, 0.717) is 36.4 Å². The standard InChI is InChI=1S/C22H29N5O3/c1-2-25(15-19-23-18-10-4-3-9-17(18)20(28)24-19)21(29)16-8-7-13-27(14-16)22(30)26-11-5-6-12-26/h3-4,9-10,16H,2,5-8,11-15H2,1H3,(H,23,24,28)/t16-/m1/s1. The predicted octanol–water partition coefficient (Wildman–Crippen LogP) is 2.20. The lowest BCUT2D eigenvalue weighted by molar-refractivity contribution is -0.137. The second-order valence-electron chi connectivity index (χ2n) is 8.14. The number of hydrogen-bond acceptors (Lipinski definition) is 4. The third-order valence-corrected chi connectivity index (χ3v) is 6.11. The molecule has 1 aromatic heterocycles. The molecule has 8 nitrogen and oxygen atoms in total. The number of amides is 3. The molecule has 1 aromatic carbocycles. The van der Waals surface area contributed by atoms with Crippen molar-refractivity contribution in [3.63, 3.8) is 0 Å².